The van der Waals surface area contributed by atoms with Crippen LogP contribution in [0, 0.1) is 0 Å². The van der Waals surface area contributed by atoms with E-state index in [4.69, 9.17) is 10.7 Å². The molecule has 0 spiro atoms. The Morgan fingerprint density at radius 2 is 1.95 bits per heavy atom. The normalized spacial score (nSPS) is 16.9. The number of hydrogen-bond donors (Lipinski definition) is 1. The third-order valence-corrected chi connectivity index (χ3v) is 5.16. The first kappa shape index (κ1) is 12.8. The van der Waals surface area contributed by atoms with Crippen molar-refractivity contribution in [2.45, 2.75) is 45.1 Å². The lowest BCUT2D eigenvalue weighted by molar-refractivity contribution is 0.521. The Bertz CT molecular complexity index is 632. The summed E-state index contributed by atoms with van der Waals surface area (Å²) in [5.74, 6) is 0. The van der Waals surface area contributed by atoms with Gasteiger partial charge in [0.1, 0.15) is 5.01 Å². The minimum atomic E-state index is -0.360. The van der Waals surface area contributed by atoms with Crippen LogP contribution in [0.3, 0.4) is 0 Å². The zero-order chi connectivity index (χ0) is 13.8. The summed E-state index contributed by atoms with van der Waals surface area (Å²) in [5.41, 5.74) is 9.84. The maximum Gasteiger partial charge on any atom is 0.113 e. The lowest BCUT2D eigenvalue weighted by Gasteiger charge is -2.31. The van der Waals surface area contributed by atoms with Gasteiger partial charge in [0.25, 0.3) is 0 Å². The molecule has 0 fully saturated rings. The van der Waals surface area contributed by atoms with Gasteiger partial charge in [-0.3, -0.25) is 0 Å². The quantitative estimate of drug-likeness (QED) is 0.856. The number of nitrogens with two attached hydrogens (primary N) is 1. The van der Waals surface area contributed by atoms with Gasteiger partial charge < -0.3 is 5.73 Å². The molecule has 2 aromatic rings. The predicted molar refractivity (Wildman–Crippen MR) is 81.5 cm³/mol. The van der Waals surface area contributed by atoms with E-state index in [0.717, 1.165) is 17.1 Å². The maximum absolute atomic E-state index is 6.20. The Kier molecular flexibility index (Phi) is 2.63. The van der Waals surface area contributed by atoms with Gasteiger partial charge in [-0.05, 0) is 31.2 Å². The van der Waals surface area contributed by atoms with Gasteiger partial charge in [0.15, 0.2) is 0 Å². The molecule has 2 nitrogen and oxygen atoms in total. The van der Waals surface area contributed by atoms with Crippen LogP contribution in [-0.4, -0.2) is 4.98 Å². The van der Waals surface area contributed by atoms with Crippen LogP contribution in [0.1, 0.15) is 43.1 Å². The summed E-state index contributed by atoms with van der Waals surface area (Å²) < 4.78 is 0. The van der Waals surface area contributed by atoms with Crippen molar-refractivity contribution in [3.63, 3.8) is 0 Å². The van der Waals surface area contributed by atoms with Crippen molar-refractivity contribution in [2.75, 3.05) is 0 Å². The standard InChI is InChI=1S/C16H20N2S/c1-15(2)9-12-13(10-7-5-6-8-11(10)15)18-14(19-12)16(3,4)17/h5-8H,9,17H2,1-4H3. The van der Waals surface area contributed by atoms with Crippen LogP contribution in [0.5, 0.6) is 0 Å². The smallest absolute Gasteiger partial charge is 0.113 e. The van der Waals surface area contributed by atoms with E-state index in [2.05, 4.69) is 38.1 Å². The number of nitrogens with zero attached hydrogens (tertiary/aromatic N) is 1. The fourth-order valence-corrected chi connectivity index (χ4v) is 4.05. The van der Waals surface area contributed by atoms with Crippen LogP contribution in [0.15, 0.2) is 24.3 Å². The second-order valence-electron chi connectivity index (χ2n) is 6.62. The molecule has 0 amide bonds. The highest BCUT2D eigenvalue weighted by Crippen LogP contribution is 2.45. The summed E-state index contributed by atoms with van der Waals surface area (Å²) >= 11 is 1.77. The number of aromatic nitrogens is 1. The van der Waals surface area contributed by atoms with Crippen LogP contribution in [-0.2, 0) is 17.4 Å². The number of thiazole rings is 1. The molecule has 0 saturated heterocycles. The van der Waals surface area contributed by atoms with Crippen molar-refractivity contribution in [3.8, 4) is 11.3 Å². The van der Waals surface area contributed by atoms with Crippen LogP contribution in [0.25, 0.3) is 11.3 Å². The molecule has 0 unspecified atom stereocenters. The summed E-state index contributed by atoms with van der Waals surface area (Å²) in [6.45, 7) is 8.66. The van der Waals surface area contributed by atoms with Crippen molar-refractivity contribution in [1.29, 1.82) is 0 Å². The summed E-state index contributed by atoms with van der Waals surface area (Å²) in [4.78, 5) is 6.19. The Morgan fingerprint density at radius 3 is 2.63 bits per heavy atom. The Labute approximate surface area is 118 Å². The molecule has 1 aliphatic rings. The third-order valence-electron chi connectivity index (χ3n) is 3.76. The highest BCUT2D eigenvalue weighted by molar-refractivity contribution is 7.12. The van der Waals surface area contributed by atoms with E-state index in [0.29, 0.717) is 0 Å². The molecule has 2 N–H and O–H groups in total. The second-order valence-corrected chi connectivity index (χ2v) is 7.70. The predicted octanol–water partition coefficient (Wildman–Crippen LogP) is 3.84. The van der Waals surface area contributed by atoms with Gasteiger partial charge in [0, 0.05) is 10.4 Å². The molecule has 19 heavy (non-hydrogen) atoms. The molecule has 100 valence electrons. The summed E-state index contributed by atoms with van der Waals surface area (Å²) in [6, 6.07) is 8.62. The Balaban J connectivity index is 2.23. The minimum Gasteiger partial charge on any atom is -0.320 e. The van der Waals surface area contributed by atoms with E-state index in [1.807, 2.05) is 13.8 Å². The summed E-state index contributed by atoms with van der Waals surface area (Å²) in [5, 5.41) is 1.03. The topological polar surface area (TPSA) is 38.9 Å². The first-order chi connectivity index (χ1) is 8.79. The molecule has 0 bridgehead atoms. The molecule has 0 radical (unpaired) electrons. The fourth-order valence-electron chi connectivity index (χ4n) is 2.73. The van der Waals surface area contributed by atoms with Gasteiger partial charge in [-0.15, -0.1) is 11.3 Å². The SMILES string of the molecule is CC(C)(N)c1nc2c(s1)CC(C)(C)c1ccccc1-2. The number of rotatable bonds is 1. The van der Waals surface area contributed by atoms with E-state index < -0.39 is 0 Å². The molecule has 1 heterocycles. The average molecular weight is 272 g/mol. The van der Waals surface area contributed by atoms with E-state index in [1.54, 1.807) is 11.3 Å². The lowest BCUT2D eigenvalue weighted by atomic mass is 9.74. The second kappa shape index (κ2) is 3.90. The summed E-state index contributed by atoms with van der Waals surface area (Å²) in [6.07, 6.45) is 1.05. The molecule has 3 rings (SSSR count). The average Bonchev–Trinajstić information content (AvgIpc) is 2.72. The fraction of sp³-hybridized carbons (Fsp3) is 0.438. The monoisotopic (exact) mass is 272 g/mol. The lowest BCUT2D eigenvalue weighted by Crippen LogP contribution is -2.28. The molecular weight excluding hydrogens is 252 g/mol. The van der Waals surface area contributed by atoms with E-state index in [9.17, 15) is 0 Å². The number of benzene rings is 1. The van der Waals surface area contributed by atoms with Crippen LogP contribution in [0.4, 0.5) is 0 Å². The molecule has 0 aliphatic heterocycles. The van der Waals surface area contributed by atoms with Crippen molar-refractivity contribution < 1.29 is 0 Å². The van der Waals surface area contributed by atoms with Crippen LogP contribution >= 0.6 is 11.3 Å². The molecule has 1 aromatic carbocycles. The number of hydrogen-bond acceptors (Lipinski definition) is 3. The van der Waals surface area contributed by atoms with Crippen LogP contribution in [0.2, 0.25) is 0 Å². The first-order valence-corrected chi connectivity index (χ1v) is 7.50. The zero-order valence-corrected chi connectivity index (χ0v) is 12.8. The largest absolute Gasteiger partial charge is 0.320 e. The zero-order valence-electron chi connectivity index (χ0n) is 11.9. The highest BCUT2D eigenvalue weighted by Gasteiger charge is 2.34. The number of fused-ring (bicyclic) bond motifs is 3. The summed E-state index contributed by atoms with van der Waals surface area (Å²) in [7, 11) is 0. The maximum atomic E-state index is 6.20. The first-order valence-electron chi connectivity index (χ1n) is 6.68. The Hall–Kier alpha value is -1.19. The van der Waals surface area contributed by atoms with Gasteiger partial charge in [-0.2, -0.15) is 0 Å². The molecule has 1 aliphatic carbocycles. The molecular formula is C16H20N2S. The Morgan fingerprint density at radius 1 is 1.26 bits per heavy atom. The van der Waals surface area contributed by atoms with Gasteiger partial charge in [0.2, 0.25) is 0 Å². The molecule has 1 aromatic heterocycles. The van der Waals surface area contributed by atoms with E-state index in [-0.39, 0.29) is 11.0 Å². The van der Waals surface area contributed by atoms with Crippen molar-refractivity contribution >= 4 is 11.3 Å². The van der Waals surface area contributed by atoms with Gasteiger partial charge >= 0.3 is 0 Å². The van der Waals surface area contributed by atoms with Gasteiger partial charge in [-0.25, -0.2) is 4.98 Å². The molecule has 3 heteroatoms. The molecule has 0 saturated carbocycles. The minimum absolute atomic E-state index is 0.173. The highest BCUT2D eigenvalue weighted by atomic mass is 32.1. The van der Waals surface area contributed by atoms with Gasteiger partial charge in [0.05, 0.1) is 11.2 Å². The van der Waals surface area contributed by atoms with Crippen molar-refractivity contribution in [3.05, 3.63) is 39.7 Å². The third kappa shape index (κ3) is 2.01. The van der Waals surface area contributed by atoms with Crippen LogP contribution < -0.4 is 5.73 Å². The molecule has 0 atom stereocenters. The van der Waals surface area contributed by atoms with E-state index in [1.165, 1.54) is 16.0 Å². The van der Waals surface area contributed by atoms with Crippen molar-refractivity contribution in [1.82, 2.24) is 4.98 Å². The van der Waals surface area contributed by atoms with Crippen molar-refractivity contribution in [2.24, 2.45) is 5.73 Å². The van der Waals surface area contributed by atoms with Gasteiger partial charge in [-0.1, -0.05) is 38.1 Å². The van der Waals surface area contributed by atoms with E-state index >= 15 is 0 Å².